The second kappa shape index (κ2) is 7.73. The first kappa shape index (κ1) is 17.7. The largest absolute Gasteiger partial charge is 0.493 e. The van der Waals surface area contributed by atoms with Crippen LogP contribution in [0, 0.1) is 20.8 Å². The lowest BCUT2D eigenvalue weighted by Crippen LogP contribution is -2.20. The molecule has 0 bridgehead atoms. The highest BCUT2D eigenvalue weighted by Gasteiger charge is 2.11. The predicted molar refractivity (Wildman–Crippen MR) is 94.3 cm³/mol. The van der Waals surface area contributed by atoms with Gasteiger partial charge < -0.3 is 19.5 Å². The van der Waals surface area contributed by atoms with Crippen LogP contribution in [0.4, 0.5) is 5.69 Å². The molecule has 1 N–H and O–H groups in total. The van der Waals surface area contributed by atoms with Crippen LogP contribution in [0.25, 0.3) is 0 Å². The van der Waals surface area contributed by atoms with Crippen molar-refractivity contribution in [2.24, 2.45) is 0 Å². The monoisotopic (exact) mass is 329 g/mol. The number of rotatable bonds is 6. The first-order chi connectivity index (χ1) is 11.5. The van der Waals surface area contributed by atoms with Gasteiger partial charge in [0.15, 0.2) is 18.1 Å². The summed E-state index contributed by atoms with van der Waals surface area (Å²) in [7, 11) is 3.12. The molecule has 0 aromatic heterocycles. The predicted octanol–water partition coefficient (Wildman–Crippen LogP) is 3.65. The Kier molecular flexibility index (Phi) is 5.68. The Hall–Kier alpha value is -2.69. The highest BCUT2D eigenvalue weighted by molar-refractivity contribution is 5.92. The van der Waals surface area contributed by atoms with Crippen LogP contribution >= 0.6 is 0 Å². The van der Waals surface area contributed by atoms with E-state index in [0.717, 1.165) is 22.4 Å². The van der Waals surface area contributed by atoms with Crippen molar-refractivity contribution in [1.29, 1.82) is 0 Å². The third-order valence-corrected chi connectivity index (χ3v) is 3.89. The van der Waals surface area contributed by atoms with E-state index in [1.807, 2.05) is 32.9 Å². The van der Waals surface area contributed by atoms with Crippen molar-refractivity contribution in [2.75, 3.05) is 26.1 Å². The van der Waals surface area contributed by atoms with Gasteiger partial charge in [-0.15, -0.1) is 0 Å². The zero-order chi connectivity index (χ0) is 17.7. The van der Waals surface area contributed by atoms with Crippen molar-refractivity contribution in [2.45, 2.75) is 20.8 Å². The van der Waals surface area contributed by atoms with Crippen LogP contribution in [0.5, 0.6) is 17.2 Å². The molecule has 24 heavy (non-hydrogen) atoms. The molecule has 128 valence electrons. The minimum absolute atomic E-state index is 0.0561. The molecule has 0 saturated carbocycles. The van der Waals surface area contributed by atoms with Crippen LogP contribution in [0.1, 0.15) is 16.7 Å². The first-order valence-electron chi connectivity index (χ1n) is 7.67. The Bertz CT molecular complexity index is 740. The fraction of sp³-hybridized carbons (Fsp3) is 0.316. The summed E-state index contributed by atoms with van der Waals surface area (Å²) in [6.45, 7) is 5.92. The van der Waals surface area contributed by atoms with Crippen LogP contribution in [-0.2, 0) is 4.79 Å². The highest BCUT2D eigenvalue weighted by atomic mass is 16.5. The second-order valence-electron chi connectivity index (χ2n) is 5.56. The molecule has 5 nitrogen and oxygen atoms in total. The summed E-state index contributed by atoms with van der Waals surface area (Å²) < 4.78 is 16.1. The number of carbonyl (C=O) groups is 1. The molecule has 1 amide bonds. The van der Waals surface area contributed by atoms with Gasteiger partial charge in [0, 0.05) is 11.8 Å². The average Bonchev–Trinajstić information content (AvgIpc) is 2.58. The van der Waals surface area contributed by atoms with E-state index in [-0.39, 0.29) is 12.5 Å². The van der Waals surface area contributed by atoms with Crippen LogP contribution < -0.4 is 19.5 Å². The summed E-state index contributed by atoms with van der Waals surface area (Å²) in [5.41, 5.74) is 3.82. The number of benzene rings is 2. The number of ether oxygens (including phenoxy) is 3. The van der Waals surface area contributed by atoms with Gasteiger partial charge in [-0.25, -0.2) is 0 Å². The van der Waals surface area contributed by atoms with Crippen molar-refractivity contribution >= 4 is 11.6 Å². The lowest BCUT2D eigenvalue weighted by Gasteiger charge is -2.14. The molecule has 0 heterocycles. The summed E-state index contributed by atoms with van der Waals surface area (Å²) in [5, 5.41) is 2.79. The van der Waals surface area contributed by atoms with Crippen molar-refractivity contribution in [3.05, 3.63) is 47.0 Å². The Labute approximate surface area is 142 Å². The maximum atomic E-state index is 12.1. The van der Waals surface area contributed by atoms with Gasteiger partial charge in [-0.1, -0.05) is 12.1 Å². The molecule has 2 aromatic rings. The van der Waals surface area contributed by atoms with E-state index >= 15 is 0 Å². The molecule has 0 fully saturated rings. The van der Waals surface area contributed by atoms with Crippen molar-refractivity contribution in [1.82, 2.24) is 0 Å². The maximum absolute atomic E-state index is 12.1. The third-order valence-electron chi connectivity index (χ3n) is 3.89. The lowest BCUT2D eigenvalue weighted by atomic mass is 10.1. The zero-order valence-corrected chi connectivity index (χ0v) is 14.7. The fourth-order valence-corrected chi connectivity index (χ4v) is 2.40. The van der Waals surface area contributed by atoms with Gasteiger partial charge in [-0.2, -0.15) is 0 Å². The molecule has 0 aliphatic heterocycles. The number of anilines is 1. The topological polar surface area (TPSA) is 56.8 Å². The Morgan fingerprint density at radius 3 is 2.29 bits per heavy atom. The van der Waals surface area contributed by atoms with E-state index in [1.54, 1.807) is 32.4 Å². The molecule has 0 saturated heterocycles. The van der Waals surface area contributed by atoms with Crippen molar-refractivity contribution in [3.63, 3.8) is 0 Å². The second-order valence-corrected chi connectivity index (χ2v) is 5.56. The van der Waals surface area contributed by atoms with Crippen LogP contribution in [0.3, 0.4) is 0 Å². The van der Waals surface area contributed by atoms with Gasteiger partial charge in [-0.05, 0) is 49.6 Å². The zero-order valence-electron chi connectivity index (χ0n) is 14.7. The van der Waals surface area contributed by atoms with Crippen molar-refractivity contribution < 1.29 is 19.0 Å². The average molecular weight is 329 g/mol. The SMILES string of the molecule is COc1ccc(NC(=O)COc2c(C)ccc(C)c2C)cc1OC. The summed E-state index contributed by atoms with van der Waals surface area (Å²) in [6, 6.07) is 9.23. The Balaban J connectivity index is 2.03. The minimum Gasteiger partial charge on any atom is -0.493 e. The van der Waals surface area contributed by atoms with Gasteiger partial charge in [0.2, 0.25) is 0 Å². The molecule has 0 spiro atoms. The van der Waals surface area contributed by atoms with E-state index in [4.69, 9.17) is 14.2 Å². The van der Waals surface area contributed by atoms with Gasteiger partial charge in [0.05, 0.1) is 14.2 Å². The van der Waals surface area contributed by atoms with E-state index in [0.29, 0.717) is 17.2 Å². The molecular weight excluding hydrogens is 306 g/mol. The molecule has 0 radical (unpaired) electrons. The number of carbonyl (C=O) groups excluding carboxylic acids is 1. The highest BCUT2D eigenvalue weighted by Crippen LogP contribution is 2.30. The molecule has 0 atom stereocenters. The van der Waals surface area contributed by atoms with Gasteiger partial charge in [0.25, 0.3) is 5.91 Å². The smallest absolute Gasteiger partial charge is 0.262 e. The van der Waals surface area contributed by atoms with Gasteiger partial charge >= 0.3 is 0 Å². The summed E-state index contributed by atoms with van der Waals surface area (Å²) in [4.78, 5) is 12.1. The van der Waals surface area contributed by atoms with E-state index in [2.05, 4.69) is 5.32 Å². The number of hydrogen-bond acceptors (Lipinski definition) is 4. The molecule has 2 aromatic carbocycles. The van der Waals surface area contributed by atoms with Gasteiger partial charge in [0.1, 0.15) is 5.75 Å². The molecule has 2 rings (SSSR count). The van der Waals surface area contributed by atoms with Gasteiger partial charge in [-0.3, -0.25) is 4.79 Å². The number of methoxy groups -OCH3 is 2. The molecule has 5 heteroatoms. The molecule has 0 aliphatic carbocycles. The number of hydrogen-bond donors (Lipinski definition) is 1. The fourth-order valence-electron chi connectivity index (χ4n) is 2.40. The van der Waals surface area contributed by atoms with Crippen LogP contribution in [-0.4, -0.2) is 26.7 Å². The Morgan fingerprint density at radius 2 is 1.62 bits per heavy atom. The van der Waals surface area contributed by atoms with E-state index in [1.165, 1.54) is 0 Å². The van der Waals surface area contributed by atoms with E-state index < -0.39 is 0 Å². The summed E-state index contributed by atoms with van der Waals surface area (Å²) >= 11 is 0. The molecular formula is C19H23NO4. The number of amides is 1. The van der Waals surface area contributed by atoms with Crippen LogP contribution in [0.2, 0.25) is 0 Å². The first-order valence-corrected chi connectivity index (χ1v) is 7.67. The maximum Gasteiger partial charge on any atom is 0.262 e. The van der Waals surface area contributed by atoms with Crippen LogP contribution in [0.15, 0.2) is 30.3 Å². The molecule has 0 aliphatic rings. The number of aryl methyl sites for hydroxylation is 2. The summed E-state index contributed by atoms with van der Waals surface area (Å²) in [5.74, 6) is 1.69. The normalized spacial score (nSPS) is 10.2. The Morgan fingerprint density at radius 1 is 0.958 bits per heavy atom. The third kappa shape index (κ3) is 3.98. The quantitative estimate of drug-likeness (QED) is 0.879. The van der Waals surface area contributed by atoms with Crippen molar-refractivity contribution in [3.8, 4) is 17.2 Å². The standard InChI is InChI=1S/C19H23NO4/c1-12-6-7-13(2)19(14(12)3)24-11-18(21)20-15-8-9-16(22-4)17(10-15)23-5/h6-10H,11H2,1-5H3,(H,20,21). The molecule has 0 unspecified atom stereocenters. The van der Waals surface area contributed by atoms with E-state index in [9.17, 15) is 4.79 Å². The number of nitrogens with one attached hydrogen (secondary N) is 1. The summed E-state index contributed by atoms with van der Waals surface area (Å²) in [6.07, 6.45) is 0. The lowest BCUT2D eigenvalue weighted by molar-refractivity contribution is -0.118. The minimum atomic E-state index is -0.234.